The van der Waals surface area contributed by atoms with Crippen molar-refractivity contribution < 1.29 is 4.74 Å². The number of rotatable bonds is 2. The third-order valence-electron chi connectivity index (χ3n) is 2.49. The molecule has 88 valence electrons. The van der Waals surface area contributed by atoms with Gasteiger partial charge in [-0.25, -0.2) is 0 Å². The highest BCUT2D eigenvalue weighted by molar-refractivity contribution is 5.59. The number of nitrogens with zero attached hydrogens (tertiary/aromatic N) is 1. The van der Waals surface area contributed by atoms with E-state index in [1.807, 2.05) is 32.0 Å². The monoisotopic (exact) mass is 229 g/mol. The number of aryl methyl sites for hydroxylation is 2. The van der Waals surface area contributed by atoms with Gasteiger partial charge >= 0.3 is 0 Å². The largest absolute Gasteiger partial charge is 0.439 e. The summed E-state index contributed by atoms with van der Waals surface area (Å²) in [6.45, 7) is 3.99. The van der Waals surface area contributed by atoms with Crippen molar-refractivity contribution in [2.24, 2.45) is 0 Å². The van der Waals surface area contributed by atoms with Crippen LogP contribution in [0.25, 0.3) is 0 Å². The molecular formula is C13H15N3O. The maximum Gasteiger partial charge on any atom is 0.221 e. The summed E-state index contributed by atoms with van der Waals surface area (Å²) in [5.41, 5.74) is 13.9. The van der Waals surface area contributed by atoms with Gasteiger partial charge < -0.3 is 16.2 Å². The van der Waals surface area contributed by atoms with Crippen LogP contribution in [0.4, 0.5) is 11.5 Å². The zero-order valence-electron chi connectivity index (χ0n) is 9.90. The Hall–Kier alpha value is -2.23. The molecule has 0 fully saturated rings. The molecule has 4 N–H and O–H groups in total. The van der Waals surface area contributed by atoms with Crippen molar-refractivity contribution in [2.45, 2.75) is 13.8 Å². The van der Waals surface area contributed by atoms with E-state index in [4.69, 9.17) is 16.2 Å². The summed E-state index contributed by atoms with van der Waals surface area (Å²) >= 11 is 0. The molecule has 0 bridgehead atoms. The van der Waals surface area contributed by atoms with Crippen molar-refractivity contribution in [1.29, 1.82) is 0 Å². The molecule has 2 rings (SSSR count). The van der Waals surface area contributed by atoms with Gasteiger partial charge in [-0.15, -0.1) is 0 Å². The number of hydrogen-bond donors (Lipinski definition) is 2. The van der Waals surface area contributed by atoms with Crippen LogP contribution in [-0.2, 0) is 0 Å². The predicted molar refractivity (Wildman–Crippen MR) is 69.1 cm³/mol. The van der Waals surface area contributed by atoms with E-state index in [0.29, 0.717) is 11.6 Å². The van der Waals surface area contributed by atoms with Gasteiger partial charge in [-0.1, -0.05) is 12.1 Å². The quantitative estimate of drug-likeness (QED) is 0.830. The molecule has 0 atom stereocenters. The lowest BCUT2D eigenvalue weighted by Crippen LogP contribution is -1.99. The zero-order chi connectivity index (χ0) is 12.4. The number of nitrogens with two attached hydrogens (primary N) is 2. The van der Waals surface area contributed by atoms with Crippen LogP contribution >= 0.6 is 0 Å². The van der Waals surface area contributed by atoms with Crippen molar-refractivity contribution in [3.05, 3.63) is 41.5 Å². The molecule has 2 aromatic rings. The molecule has 1 aromatic carbocycles. The third kappa shape index (κ3) is 2.47. The van der Waals surface area contributed by atoms with E-state index in [0.717, 1.165) is 16.9 Å². The number of hydrogen-bond acceptors (Lipinski definition) is 4. The summed E-state index contributed by atoms with van der Waals surface area (Å²) in [6.07, 6.45) is 0. The number of ether oxygens (including phenoxy) is 1. The van der Waals surface area contributed by atoms with Crippen LogP contribution in [0.3, 0.4) is 0 Å². The Labute approximate surface area is 100 Å². The first kappa shape index (κ1) is 11.3. The van der Waals surface area contributed by atoms with Crippen LogP contribution in [-0.4, -0.2) is 4.98 Å². The van der Waals surface area contributed by atoms with E-state index in [1.54, 1.807) is 12.1 Å². The van der Waals surface area contributed by atoms with Crippen LogP contribution < -0.4 is 16.2 Å². The first-order valence-electron chi connectivity index (χ1n) is 5.33. The molecular weight excluding hydrogens is 214 g/mol. The highest BCUT2D eigenvalue weighted by Crippen LogP contribution is 2.26. The van der Waals surface area contributed by atoms with Crippen LogP contribution in [0.1, 0.15) is 11.1 Å². The van der Waals surface area contributed by atoms with Gasteiger partial charge in [0.2, 0.25) is 5.88 Å². The highest BCUT2D eigenvalue weighted by atomic mass is 16.5. The third-order valence-corrected chi connectivity index (χ3v) is 2.49. The van der Waals surface area contributed by atoms with E-state index >= 15 is 0 Å². The maximum atomic E-state index is 5.68. The second-order valence-electron chi connectivity index (χ2n) is 3.99. The average molecular weight is 229 g/mol. The zero-order valence-corrected chi connectivity index (χ0v) is 9.90. The Morgan fingerprint density at radius 3 is 2.53 bits per heavy atom. The molecule has 0 saturated heterocycles. The lowest BCUT2D eigenvalue weighted by molar-refractivity contribution is 0.460. The fourth-order valence-corrected chi connectivity index (χ4v) is 1.45. The molecule has 1 aromatic heterocycles. The van der Waals surface area contributed by atoms with Gasteiger partial charge in [0.1, 0.15) is 5.75 Å². The SMILES string of the molecule is Cc1ccc(C)c(Oc2ccc(N)c(N)n2)c1. The molecule has 17 heavy (non-hydrogen) atoms. The number of pyridine rings is 1. The predicted octanol–water partition coefficient (Wildman–Crippen LogP) is 2.66. The maximum absolute atomic E-state index is 5.68. The highest BCUT2D eigenvalue weighted by Gasteiger charge is 2.04. The van der Waals surface area contributed by atoms with E-state index in [2.05, 4.69) is 4.98 Å². The van der Waals surface area contributed by atoms with Gasteiger partial charge in [-0.3, -0.25) is 0 Å². The fourth-order valence-electron chi connectivity index (χ4n) is 1.45. The summed E-state index contributed by atoms with van der Waals surface area (Å²) in [6, 6.07) is 9.39. The molecule has 0 spiro atoms. The summed E-state index contributed by atoms with van der Waals surface area (Å²) in [5, 5.41) is 0. The second-order valence-corrected chi connectivity index (χ2v) is 3.99. The summed E-state index contributed by atoms with van der Waals surface area (Å²) in [7, 11) is 0. The van der Waals surface area contributed by atoms with Crippen molar-refractivity contribution in [2.75, 3.05) is 11.5 Å². The van der Waals surface area contributed by atoms with Gasteiger partial charge in [0, 0.05) is 6.07 Å². The molecule has 1 heterocycles. The Morgan fingerprint density at radius 2 is 1.82 bits per heavy atom. The Bertz CT molecular complexity index is 552. The molecule has 0 amide bonds. The minimum Gasteiger partial charge on any atom is -0.439 e. The normalized spacial score (nSPS) is 10.2. The summed E-state index contributed by atoms with van der Waals surface area (Å²) < 4.78 is 5.68. The minimum absolute atomic E-state index is 0.285. The second kappa shape index (κ2) is 4.33. The van der Waals surface area contributed by atoms with E-state index in [9.17, 15) is 0 Å². The van der Waals surface area contributed by atoms with Crippen molar-refractivity contribution in [1.82, 2.24) is 4.98 Å². The van der Waals surface area contributed by atoms with E-state index < -0.39 is 0 Å². The van der Waals surface area contributed by atoms with Gasteiger partial charge in [0.25, 0.3) is 0 Å². The average Bonchev–Trinajstić information content (AvgIpc) is 2.29. The summed E-state index contributed by atoms with van der Waals surface area (Å²) in [5.74, 6) is 1.51. The molecule has 0 aliphatic carbocycles. The fraction of sp³-hybridized carbons (Fsp3) is 0.154. The van der Waals surface area contributed by atoms with E-state index in [1.165, 1.54) is 0 Å². The van der Waals surface area contributed by atoms with Gasteiger partial charge in [0.05, 0.1) is 5.69 Å². The number of anilines is 2. The Balaban J connectivity index is 2.31. The first-order valence-corrected chi connectivity index (χ1v) is 5.33. The van der Waals surface area contributed by atoms with Crippen molar-refractivity contribution in [3.8, 4) is 11.6 Å². The van der Waals surface area contributed by atoms with Crippen LogP contribution in [0.2, 0.25) is 0 Å². The molecule has 0 saturated carbocycles. The van der Waals surface area contributed by atoms with Crippen molar-refractivity contribution in [3.63, 3.8) is 0 Å². The van der Waals surface area contributed by atoms with Gasteiger partial charge in [-0.05, 0) is 37.1 Å². The molecule has 4 nitrogen and oxygen atoms in total. The van der Waals surface area contributed by atoms with Crippen LogP contribution in [0.5, 0.6) is 11.6 Å². The Kier molecular flexibility index (Phi) is 2.87. The van der Waals surface area contributed by atoms with Crippen LogP contribution in [0, 0.1) is 13.8 Å². The molecule has 4 heteroatoms. The molecule has 0 radical (unpaired) electrons. The molecule has 0 aliphatic rings. The van der Waals surface area contributed by atoms with Crippen molar-refractivity contribution >= 4 is 11.5 Å². The number of benzene rings is 1. The molecule has 0 aliphatic heterocycles. The first-order chi connectivity index (χ1) is 8.06. The van der Waals surface area contributed by atoms with E-state index in [-0.39, 0.29) is 5.82 Å². The van der Waals surface area contributed by atoms with Gasteiger partial charge in [0.15, 0.2) is 5.82 Å². The number of aromatic nitrogens is 1. The smallest absolute Gasteiger partial charge is 0.221 e. The Morgan fingerprint density at radius 1 is 1.06 bits per heavy atom. The van der Waals surface area contributed by atoms with Crippen LogP contribution in [0.15, 0.2) is 30.3 Å². The molecule has 0 unspecified atom stereocenters. The lowest BCUT2D eigenvalue weighted by Gasteiger charge is -2.09. The van der Waals surface area contributed by atoms with Gasteiger partial charge in [-0.2, -0.15) is 4.98 Å². The standard InChI is InChI=1S/C13H15N3O/c1-8-3-4-9(2)11(7-8)17-12-6-5-10(14)13(15)16-12/h3-7H,14H2,1-2H3,(H2,15,16). The topological polar surface area (TPSA) is 74.2 Å². The summed E-state index contributed by atoms with van der Waals surface area (Å²) in [4.78, 5) is 4.07. The lowest BCUT2D eigenvalue weighted by atomic mass is 10.1. The number of nitrogen functional groups attached to an aromatic ring is 2. The minimum atomic E-state index is 0.285.